The van der Waals surface area contributed by atoms with E-state index in [1.54, 1.807) is 0 Å². The van der Waals surface area contributed by atoms with Crippen LogP contribution in [0.3, 0.4) is 0 Å². The SMILES string of the molecule is CC(=N)C1=CC=CC=CC1. The molecule has 0 atom stereocenters. The maximum Gasteiger partial charge on any atom is 0.0318 e. The molecule has 0 fully saturated rings. The first-order valence-corrected chi connectivity index (χ1v) is 3.38. The fourth-order valence-corrected chi connectivity index (χ4v) is 0.856. The Kier molecular flexibility index (Phi) is 2.21. The Morgan fingerprint density at radius 2 is 2.20 bits per heavy atom. The highest BCUT2D eigenvalue weighted by molar-refractivity contribution is 5.96. The molecule has 0 heterocycles. The van der Waals surface area contributed by atoms with Gasteiger partial charge in [0.2, 0.25) is 0 Å². The Morgan fingerprint density at radius 3 is 2.90 bits per heavy atom. The van der Waals surface area contributed by atoms with Crippen molar-refractivity contribution < 1.29 is 0 Å². The van der Waals surface area contributed by atoms with E-state index in [4.69, 9.17) is 5.41 Å². The van der Waals surface area contributed by atoms with Gasteiger partial charge in [0.15, 0.2) is 0 Å². The summed E-state index contributed by atoms with van der Waals surface area (Å²) in [5.74, 6) is 0. The molecule has 1 heteroatoms. The Balaban J connectivity index is 2.78. The molecule has 0 spiro atoms. The standard InChI is InChI=1S/C9H11N/c1-8(10)9-6-4-2-3-5-7-9/h2-6,10H,7H2,1H3. The molecule has 10 heavy (non-hydrogen) atoms. The van der Waals surface area contributed by atoms with Gasteiger partial charge in [0, 0.05) is 5.71 Å². The van der Waals surface area contributed by atoms with E-state index in [-0.39, 0.29) is 0 Å². The lowest BCUT2D eigenvalue weighted by molar-refractivity contribution is 1.29. The van der Waals surface area contributed by atoms with Gasteiger partial charge in [-0.1, -0.05) is 30.4 Å². The minimum atomic E-state index is 0.663. The van der Waals surface area contributed by atoms with E-state index in [9.17, 15) is 0 Å². The normalized spacial score (nSPS) is 16.3. The molecule has 0 saturated heterocycles. The maximum absolute atomic E-state index is 7.35. The van der Waals surface area contributed by atoms with Crippen molar-refractivity contribution >= 4 is 5.71 Å². The van der Waals surface area contributed by atoms with Crippen molar-refractivity contribution in [3.63, 3.8) is 0 Å². The van der Waals surface area contributed by atoms with Gasteiger partial charge in [0.05, 0.1) is 0 Å². The molecule has 0 amide bonds. The van der Waals surface area contributed by atoms with Crippen molar-refractivity contribution in [3.8, 4) is 0 Å². The predicted molar refractivity (Wildman–Crippen MR) is 44.4 cm³/mol. The minimum Gasteiger partial charge on any atom is -0.305 e. The molecule has 0 aromatic rings. The Hall–Kier alpha value is -1.11. The number of nitrogens with one attached hydrogen (secondary N) is 1. The zero-order valence-electron chi connectivity index (χ0n) is 6.09. The third-order valence-corrected chi connectivity index (χ3v) is 1.48. The summed E-state index contributed by atoms with van der Waals surface area (Å²) < 4.78 is 0. The van der Waals surface area contributed by atoms with Gasteiger partial charge in [-0.15, -0.1) is 0 Å². The van der Waals surface area contributed by atoms with Crippen LogP contribution in [0.4, 0.5) is 0 Å². The van der Waals surface area contributed by atoms with Crippen LogP contribution in [0.25, 0.3) is 0 Å². The van der Waals surface area contributed by atoms with Crippen LogP contribution in [0, 0.1) is 5.41 Å². The van der Waals surface area contributed by atoms with Crippen LogP contribution >= 0.6 is 0 Å². The lowest BCUT2D eigenvalue weighted by Crippen LogP contribution is -1.92. The van der Waals surface area contributed by atoms with Crippen molar-refractivity contribution in [2.45, 2.75) is 13.3 Å². The van der Waals surface area contributed by atoms with E-state index in [2.05, 4.69) is 6.08 Å². The summed E-state index contributed by atoms with van der Waals surface area (Å²) in [6.45, 7) is 1.82. The van der Waals surface area contributed by atoms with Crippen LogP contribution in [0.5, 0.6) is 0 Å². The molecule has 0 unspecified atom stereocenters. The summed E-state index contributed by atoms with van der Waals surface area (Å²) >= 11 is 0. The zero-order chi connectivity index (χ0) is 7.40. The molecular formula is C9H11N. The fraction of sp³-hybridized carbons (Fsp3) is 0.222. The summed E-state index contributed by atoms with van der Waals surface area (Å²) in [5, 5.41) is 7.35. The van der Waals surface area contributed by atoms with Crippen molar-refractivity contribution in [2.24, 2.45) is 0 Å². The van der Waals surface area contributed by atoms with E-state index in [0.717, 1.165) is 12.0 Å². The van der Waals surface area contributed by atoms with Gasteiger partial charge >= 0.3 is 0 Å². The summed E-state index contributed by atoms with van der Waals surface area (Å²) in [4.78, 5) is 0. The Labute approximate surface area is 61.3 Å². The van der Waals surface area contributed by atoms with Gasteiger partial charge in [-0.3, -0.25) is 0 Å². The summed E-state index contributed by atoms with van der Waals surface area (Å²) in [6.07, 6.45) is 10.9. The van der Waals surface area contributed by atoms with Crippen LogP contribution in [0.15, 0.2) is 36.0 Å². The van der Waals surface area contributed by atoms with Crippen molar-refractivity contribution in [3.05, 3.63) is 36.0 Å². The average molecular weight is 133 g/mol. The maximum atomic E-state index is 7.35. The lowest BCUT2D eigenvalue weighted by Gasteiger charge is -1.97. The first-order valence-electron chi connectivity index (χ1n) is 3.38. The third-order valence-electron chi connectivity index (χ3n) is 1.48. The number of hydrogen-bond donors (Lipinski definition) is 1. The highest BCUT2D eigenvalue weighted by Crippen LogP contribution is 2.07. The second-order valence-corrected chi connectivity index (χ2v) is 2.33. The zero-order valence-corrected chi connectivity index (χ0v) is 6.09. The van der Waals surface area contributed by atoms with Gasteiger partial charge in [-0.2, -0.15) is 0 Å². The van der Waals surface area contributed by atoms with E-state index in [1.807, 2.05) is 31.2 Å². The second-order valence-electron chi connectivity index (χ2n) is 2.33. The molecule has 1 aliphatic rings. The van der Waals surface area contributed by atoms with Crippen LogP contribution in [-0.4, -0.2) is 5.71 Å². The quantitative estimate of drug-likeness (QED) is 0.531. The van der Waals surface area contributed by atoms with E-state index >= 15 is 0 Å². The van der Waals surface area contributed by atoms with Crippen LogP contribution in [-0.2, 0) is 0 Å². The molecule has 0 saturated carbocycles. The number of rotatable bonds is 1. The smallest absolute Gasteiger partial charge is 0.0318 e. The largest absolute Gasteiger partial charge is 0.305 e. The molecule has 0 bridgehead atoms. The molecule has 1 nitrogen and oxygen atoms in total. The van der Waals surface area contributed by atoms with E-state index in [1.165, 1.54) is 0 Å². The topological polar surface area (TPSA) is 23.9 Å². The molecule has 1 rings (SSSR count). The Bertz CT molecular complexity index is 219. The molecule has 0 aromatic heterocycles. The van der Waals surface area contributed by atoms with Crippen molar-refractivity contribution in [1.82, 2.24) is 0 Å². The van der Waals surface area contributed by atoms with Crippen LogP contribution < -0.4 is 0 Å². The minimum absolute atomic E-state index is 0.663. The number of allylic oxidation sites excluding steroid dienone is 6. The fourth-order valence-electron chi connectivity index (χ4n) is 0.856. The molecule has 0 aromatic carbocycles. The highest BCUT2D eigenvalue weighted by Gasteiger charge is 1.96. The molecule has 52 valence electrons. The molecular weight excluding hydrogens is 122 g/mol. The van der Waals surface area contributed by atoms with Gasteiger partial charge in [0.1, 0.15) is 0 Å². The van der Waals surface area contributed by atoms with Gasteiger partial charge in [-0.25, -0.2) is 0 Å². The summed E-state index contributed by atoms with van der Waals surface area (Å²) in [6, 6.07) is 0. The third kappa shape index (κ3) is 1.69. The van der Waals surface area contributed by atoms with E-state index < -0.39 is 0 Å². The van der Waals surface area contributed by atoms with Gasteiger partial charge in [0.25, 0.3) is 0 Å². The molecule has 0 radical (unpaired) electrons. The lowest BCUT2D eigenvalue weighted by atomic mass is 10.1. The molecule has 1 aliphatic carbocycles. The van der Waals surface area contributed by atoms with Gasteiger partial charge in [-0.05, 0) is 18.9 Å². The predicted octanol–water partition coefficient (Wildman–Crippen LogP) is 2.47. The monoisotopic (exact) mass is 133 g/mol. The summed E-state index contributed by atoms with van der Waals surface area (Å²) in [5.41, 5.74) is 1.77. The highest BCUT2D eigenvalue weighted by atomic mass is 14.4. The van der Waals surface area contributed by atoms with Crippen molar-refractivity contribution in [2.75, 3.05) is 0 Å². The van der Waals surface area contributed by atoms with Gasteiger partial charge < -0.3 is 5.41 Å². The molecule has 0 aliphatic heterocycles. The second kappa shape index (κ2) is 3.16. The van der Waals surface area contributed by atoms with Crippen molar-refractivity contribution in [1.29, 1.82) is 5.41 Å². The van der Waals surface area contributed by atoms with E-state index in [0.29, 0.717) is 5.71 Å². The summed E-state index contributed by atoms with van der Waals surface area (Å²) in [7, 11) is 0. The van der Waals surface area contributed by atoms with Crippen LogP contribution in [0.2, 0.25) is 0 Å². The first kappa shape index (κ1) is 7.00. The number of hydrogen-bond acceptors (Lipinski definition) is 1. The first-order chi connectivity index (χ1) is 4.80. The average Bonchev–Trinajstić information content (AvgIpc) is 2.12. The molecule has 1 N–H and O–H groups in total. The Morgan fingerprint density at radius 1 is 1.40 bits per heavy atom. The van der Waals surface area contributed by atoms with Crippen LogP contribution in [0.1, 0.15) is 13.3 Å².